The average molecular weight is 422 g/mol. The first-order chi connectivity index (χ1) is 15.5. The van der Waals surface area contributed by atoms with E-state index in [0.29, 0.717) is 29.9 Å². The van der Waals surface area contributed by atoms with Gasteiger partial charge in [-0.2, -0.15) is 5.26 Å². The number of nitrogens with zero attached hydrogens (tertiary/aromatic N) is 2. The Balaban J connectivity index is 1.66. The Hall–Kier alpha value is -4.37. The zero-order valence-electron chi connectivity index (χ0n) is 17.7. The number of nitriles is 1. The third kappa shape index (κ3) is 4.23. The van der Waals surface area contributed by atoms with Crippen molar-refractivity contribution >= 4 is 22.6 Å². The summed E-state index contributed by atoms with van der Waals surface area (Å²) < 4.78 is 1.99. The average Bonchev–Trinajstić information content (AvgIpc) is 3.17. The fraction of sp³-hybridized carbons (Fsp3) is 0.115. The van der Waals surface area contributed by atoms with Gasteiger partial charge in [0.2, 0.25) is 0 Å². The number of nitrogens with one attached hydrogen (secondary N) is 2. The van der Waals surface area contributed by atoms with Crippen molar-refractivity contribution in [2.24, 2.45) is 5.73 Å². The molecule has 0 spiro atoms. The predicted molar refractivity (Wildman–Crippen MR) is 126 cm³/mol. The Bertz CT molecular complexity index is 1380. The van der Waals surface area contributed by atoms with Crippen LogP contribution in [-0.2, 0) is 13.1 Å². The number of nitrogens with two attached hydrogens (primary N) is 1. The second-order valence-corrected chi connectivity index (χ2v) is 7.73. The van der Waals surface area contributed by atoms with E-state index in [1.165, 1.54) is 0 Å². The molecule has 0 fully saturated rings. The van der Waals surface area contributed by atoms with Gasteiger partial charge in [-0.05, 0) is 53.9 Å². The second-order valence-electron chi connectivity index (χ2n) is 7.73. The Morgan fingerprint density at radius 3 is 2.59 bits per heavy atom. The summed E-state index contributed by atoms with van der Waals surface area (Å²) >= 11 is 0. The van der Waals surface area contributed by atoms with Gasteiger partial charge in [-0.3, -0.25) is 10.2 Å². The summed E-state index contributed by atoms with van der Waals surface area (Å²) in [7, 11) is 0. The molecule has 0 unspecified atom stereocenters. The summed E-state index contributed by atoms with van der Waals surface area (Å²) in [6, 6.07) is 24.8. The van der Waals surface area contributed by atoms with Crippen LogP contribution in [0, 0.1) is 23.7 Å². The van der Waals surface area contributed by atoms with Gasteiger partial charge in [-0.1, -0.05) is 42.5 Å². The van der Waals surface area contributed by atoms with E-state index in [-0.39, 0.29) is 11.7 Å². The van der Waals surface area contributed by atoms with Crippen molar-refractivity contribution in [2.75, 3.05) is 0 Å². The zero-order chi connectivity index (χ0) is 22.7. The number of amidine groups is 1. The number of aromatic nitrogens is 1. The number of hydrogen-bond donors (Lipinski definition) is 3. The van der Waals surface area contributed by atoms with Crippen LogP contribution in [0.2, 0.25) is 0 Å². The van der Waals surface area contributed by atoms with E-state index in [4.69, 9.17) is 11.1 Å². The van der Waals surface area contributed by atoms with Crippen molar-refractivity contribution in [2.45, 2.75) is 20.0 Å². The van der Waals surface area contributed by atoms with Crippen LogP contribution in [0.1, 0.15) is 38.3 Å². The van der Waals surface area contributed by atoms with Gasteiger partial charge >= 0.3 is 0 Å². The molecule has 0 radical (unpaired) electrons. The molecule has 0 saturated carbocycles. The molecule has 0 aliphatic rings. The maximum absolute atomic E-state index is 13.2. The van der Waals surface area contributed by atoms with Crippen LogP contribution in [0.15, 0.2) is 72.8 Å². The zero-order valence-corrected chi connectivity index (χ0v) is 17.7. The maximum atomic E-state index is 13.2. The molecule has 32 heavy (non-hydrogen) atoms. The van der Waals surface area contributed by atoms with E-state index in [1.807, 2.05) is 66.1 Å². The van der Waals surface area contributed by atoms with Crippen molar-refractivity contribution < 1.29 is 4.79 Å². The Labute approximate surface area is 186 Å². The molecule has 4 N–H and O–H groups in total. The lowest BCUT2D eigenvalue weighted by Gasteiger charge is -2.12. The minimum atomic E-state index is -0.190. The number of carbonyl (C=O) groups excluding carboxylic acids is 1. The largest absolute Gasteiger partial charge is 0.384 e. The number of nitrogen functional groups attached to an aromatic ring is 1. The van der Waals surface area contributed by atoms with Gasteiger partial charge in [0.1, 0.15) is 11.5 Å². The molecular formula is C26H23N5O. The van der Waals surface area contributed by atoms with E-state index >= 15 is 0 Å². The molecule has 1 aromatic heterocycles. The quantitative estimate of drug-likeness (QED) is 0.322. The van der Waals surface area contributed by atoms with Gasteiger partial charge in [0.15, 0.2) is 0 Å². The predicted octanol–water partition coefficient (Wildman–Crippen LogP) is 4.08. The van der Waals surface area contributed by atoms with Crippen LogP contribution in [0.5, 0.6) is 0 Å². The van der Waals surface area contributed by atoms with Gasteiger partial charge in [-0.25, -0.2) is 0 Å². The molecule has 4 rings (SSSR count). The smallest absolute Gasteiger partial charge is 0.268 e. The summed E-state index contributed by atoms with van der Waals surface area (Å²) in [5.41, 5.74) is 11.2. The van der Waals surface area contributed by atoms with E-state index in [9.17, 15) is 10.1 Å². The molecular weight excluding hydrogens is 398 g/mol. The summed E-state index contributed by atoms with van der Waals surface area (Å²) in [4.78, 5) is 13.2. The molecule has 6 heteroatoms. The first kappa shape index (κ1) is 20.9. The highest BCUT2D eigenvalue weighted by atomic mass is 16.1. The number of fused-ring (bicyclic) bond motifs is 1. The molecule has 1 heterocycles. The first-order valence-corrected chi connectivity index (χ1v) is 10.3. The highest BCUT2D eigenvalue weighted by Gasteiger charge is 2.17. The van der Waals surface area contributed by atoms with E-state index in [1.54, 1.807) is 18.2 Å². The minimum Gasteiger partial charge on any atom is -0.384 e. The molecule has 0 atom stereocenters. The molecule has 0 saturated heterocycles. The van der Waals surface area contributed by atoms with Gasteiger partial charge in [-0.15, -0.1) is 0 Å². The summed E-state index contributed by atoms with van der Waals surface area (Å²) in [5.74, 6) is -0.196. The van der Waals surface area contributed by atoms with Crippen molar-refractivity contribution in [1.29, 1.82) is 10.7 Å². The Kier molecular flexibility index (Phi) is 5.73. The van der Waals surface area contributed by atoms with Crippen molar-refractivity contribution in [1.82, 2.24) is 9.88 Å². The highest BCUT2D eigenvalue weighted by Crippen LogP contribution is 2.25. The molecule has 0 aliphatic heterocycles. The fourth-order valence-corrected chi connectivity index (χ4v) is 3.83. The summed E-state index contributed by atoms with van der Waals surface area (Å²) in [6.07, 6.45) is 0. The molecule has 3 aromatic carbocycles. The van der Waals surface area contributed by atoms with Crippen LogP contribution < -0.4 is 11.1 Å². The highest BCUT2D eigenvalue weighted by molar-refractivity contribution is 5.99. The molecule has 4 aromatic rings. The maximum Gasteiger partial charge on any atom is 0.268 e. The summed E-state index contributed by atoms with van der Waals surface area (Å²) in [6.45, 7) is 2.83. The van der Waals surface area contributed by atoms with Crippen molar-refractivity contribution in [3.63, 3.8) is 0 Å². The van der Waals surface area contributed by atoms with Crippen molar-refractivity contribution in [3.05, 3.63) is 106 Å². The fourth-order valence-electron chi connectivity index (χ4n) is 3.83. The van der Waals surface area contributed by atoms with Crippen LogP contribution in [0.4, 0.5) is 0 Å². The van der Waals surface area contributed by atoms with Gasteiger partial charge in [0.05, 0.1) is 11.6 Å². The second kappa shape index (κ2) is 8.78. The number of hydrogen-bond acceptors (Lipinski definition) is 3. The lowest BCUT2D eigenvalue weighted by Crippen LogP contribution is -2.26. The number of aryl methyl sites for hydroxylation is 1. The molecule has 158 valence electrons. The van der Waals surface area contributed by atoms with Crippen LogP contribution >= 0.6 is 0 Å². The van der Waals surface area contributed by atoms with Crippen molar-refractivity contribution in [3.8, 4) is 6.07 Å². The molecule has 1 amide bonds. The van der Waals surface area contributed by atoms with E-state index in [2.05, 4.69) is 11.4 Å². The van der Waals surface area contributed by atoms with E-state index < -0.39 is 0 Å². The van der Waals surface area contributed by atoms with Crippen LogP contribution in [-0.4, -0.2) is 16.3 Å². The Morgan fingerprint density at radius 1 is 1.06 bits per heavy atom. The third-order valence-electron chi connectivity index (χ3n) is 5.48. The van der Waals surface area contributed by atoms with Gasteiger partial charge in [0, 0.05) is 29.6 Å². The van der Waals surface area contributed by atoms with E-state index in [0.717, 1.165) is 27.6 Å². The lowest BCUT2D eigenvalue weighted by molar-refractivity contribution is 0.0942. The van der Waals surface area contributed by atoms with Crippen LogP contribution in [0.3, 0.4) is 0 Å². The third-order valence-corrected chi connectivity index (χ3v) is 5.48. The Morgan fingerprint density at radius 2 is 1.81 bits per heavy atom. The topological polar surface area (TPSA) is 108 Å². The van der Waals surface area contributed by atoms with Gasteiger partial charge in [0.25, 0.3) is 5.91 Å². The lowest BCUT2D eigenvalue weighted by atomic mass is 10.1. The minimum absolute atomic E-state index is 0.00613. The summed E-state index contributed by atoms with van der Waals surface area (Å²) in [5, 5.41) is 20.8. The SMILES string of the molecule is Cc1cccc2c1cc(C(=O)NCc1cccc(C(=N)N)c1)n2Cc1cccc(C#N)c1. The molecule has 0 bridgehead atoms. The van der Waals surface area contributed by atoms with Crippen LogP contribution in [0.25, 0.3) is 10.9 Å². The number of amides is 1. The normalized spacial score (nSPS) is 10.6. The number of rotatable bonds is 6. The monoisotopic (exact) mass is 421 g/mol. The first-order valence-electron chi connectivity index (χ1n) is 10.3. The van der Waals surface area contributed by atoms with Gasteiger partial charge < -0.3 is 15.6 Å². The number of carbonyl (C=O) groups is 1. The standard InChI is InChI=1S/C26H23N5O/c1-17-5-2-10-23-22(17)13-24(31(23)16-20-8-3-6-18(11-20)14-27)26(32)30-15-19-7-4-9-21(12-19)25(28)29/h2-13H,15-16H2,1H3,(H3,28,29)(H,30,32). The molecule has 6 nitrogen and oxygen atoms in total. The number of benzene rings is 3. The molecule has 0 aliphatic carbocycles.